The Bertz CT molecular complexity index is 1840. The molecule has 0 fully saturated rings. The maximum absolute atomic E-state index is 4.83. The van der Waals surface area contributed by atoms with Gasteiger partial charge in [0.1, 0.15) is 25.4 Å². The maximum Gasteiger partial charge on any atom is 0.229 e. The molecule has 544 valence electrons. The summed E-state index contributed by atoms with van der Waals surface area (Å²) < 4.78 is 28.3. The highest BCUT2D eigenvalue weighted by Crippen LogP contribution is 2.12. The van der Waals surface area contributed by atoms with E-state index >= 15 is 0 Å². The minimum atomic E-state index is 0. The summed E-state index contributed by atoms with van der Waals surface area (Å²) in [5.74, 6) is 6.27. The lowest BCUT2D eigenvalue weighted by molar-refractivity contribution is 0.0920. The molecule has 16 heterocycles. The van der Waals surface area contributed by atoms with Crippen LogP contribution in [0.15, 0.2) is 257 Å². The van der Waals surface area contributed by atoms with Crippen molar-refractivity contribution >= 4 is 35.3 Å². The van der Waals surface area contributed by atoms with E-state index < -0.39 is 0 Å². The number of rotatable bonds is 0. The molecule has 0 saturated carbocycles. The molecule has 0 saturated heterocycles. The molecule has 0 aromatic heterocycles. The van der Waals surface area contributed by atoms with Crippen LogP contribution < -0.4 is 47.9 Å². The summed E-state index contributed by atoms with van der Waals surface area (Å²) in [6, 6.07) is 0. The first-order valence-corrected chi connectivity index (χ1v) is 35.6. The van der Waals surface area contributed by atoms with Crippen molar-refractivity contribution in [1.29, 1.82) is 0 Å². The van der Waals surface area contributed by atoms with Crippen LogP contribution in [0.4, 0.5) is 0 Å². The molecule has 0 atom stereocenters. The molecule has 0 amide bonds. The van der Waals surface area contributed by atoms with Crippen molar-refractivity contribution in [2.75, 3.05) is 127 Å². The Balaban J connectivity index is -0.000000306. The molecule has 18 heteroatoms. The van der Waals surface area contributed by atoms with Crippen molar-refractivity contribution in [1.82, 2.24) is 47.9 Å². The van der Waals surface area contributed by atoms with Gasteiger partial charge in [-0.05, 0) is 162 Å². The largest absolute Gasteiger partial charge is 0.501 e. The quantitative estimate of drug-likeness (QED) is 0.105. The van der Waals surface area contributed by atoms with E-state index in [9.17, 15) is 0 Å². The SMILES string of the molecule is C.C.C.C.C.C1=CCNC1.C1=CCNC=C1.C1=CCNCC1.C1=CCNCCC1.C1=CCOC1.C1=CCOC=C1.C1=CCSC1.C1=CCSC1.C1=CNC=CC1.C1=CNC=CC1.C1=CNCC1.C1=CNCCC1.C1=COC=CNC1.C1=COCC1.C1=COCO1.C1=CSCCC1. The number of nitrogens with one attached hydrogen (secondary N) is 9. The molecule has 9 N–H and O–H groups in total. The van der Waals surface area contributed by atoms with Crippen LogP contribution in [0.2, 0.25) is 0 Å². The summed E-state index contributed by atoms with van der Waals surface area (Å²) in [5, 5.41) is 29.7. The first-order valence-electron chi connectivity index (χ1n) is 32.2. The highest BCUT2D eigenvalue weighted by atomic mass is 32.2. The fourth-order valence-corrected chi connectivity index (χ4v) is 8.79. The fourth-order valence-electron chi connectivity index (χ4n) is 6.69. The molecule has 0 aromatic rings. The van der Waals surface area contributed by atoms with Gasteiger partial charge in [-0.25, -0.2) is 0 Å². The third-order valence-electron chi connectivity index (χ3n) is 11.4. The second kappa shape index (κ2) is 94.6. The van der Waals surface area contributed by atoms with Crippen molar-refractivity contribution in [3.63, 3.8) is 0 Å². The average Bonchev–Trinajstić information content (AvgIpc) is 4.50. The lowest BCUT2D eigenvalue weighted by Gasteiger charge is -2.02. The van der Waals surface area contributed by atoms with Crippen molar-refractivity contribution in [3.05, 3.63) is 257 Å². The normalized spacial score (nSPS) is 18.3. The smallest absolute Gasteiger partial charge is 0.229 e. The van der Waals surface area contributed by atoms with Crippen LogP contribution in [0.3, 0.4) is 0 Å². The maximum atomic E-state index is 4.83. The van der Waals surface area contributed by atoms with Crippen LogP contribution in [0.1, 0.15) is 108 Å². The number of thioether (sulfide) groups is 3. The van der Waals surface area contributed by atoms with Crippen molar-refractivity contribution in [2.45, 2.75) is 108 Å². The number of hydrogen-bond donors (Lipinski definition) is 9. The summed E-state index contributed by atoms with van der Waals surface area (Å²) in [4.78, 5) is 0. The number of hydrogen-bond acceptors (Lipinski definition) is 18. The molecule has 0 radical (unpaired) electrons. The summed E-state index contributed by atoms with van der Waals surface area (Å²) in [7, 11) is 0. The highest BCUT2D eigenvalue weighted by Gasteiger charge is 1.91. The fraction of sp³-hybridized carbons (Fsp3) is 0.462. The van der Waals surface area contributed by atoms with Gasteiger partial charge >= 0.3 is 0 Å². The van der Waals surface area contributed by atoms with Gasteiger partial charge < -0.3 is 76.3 Å². The predicted octanol–water partition coefficient (Wildman–Crippen LogP) is 17.1. The first-order chi connectivity index (χ1) is 45.5. The van der Waals surface area contributed by atoms with Gasteiger partial charge in [0.05, 0.1) is 38.6 Å². The van der Waals surface area contributed by atoms with Gasteiger partial charge in [0, 0.05) is 88.0 Å². The van der Waals surface area contributed by atoms with E-state index in [0.29, 0.717) is 6.79 Å². The lowest BCUT2D eigenvalue weighted by Crippen LogP contribution is -2.17. The number of ether oxygens (including phenoxy) is 6. The minimum Gasteiger partial charge on any atom is -0.501 e. The summed E-state index contributed by atoms with van der Waals surface area (Å²) >= 11 is 5.84. The molecular weight excluding hydrogens is 1260 g/mol. The van der Waals surface area contributed by atoms with Gasteiger partial charge in [-0.15, -0.1) is 11.8 Å². The van der Waals surface area contributed by atoms with E-state index in [1.165, 1.54) is 99.2 Å². The van der Waals surface area contributed by atoms with Gasteiger partial charge in [-0.2, -0.15) is 23.5 Å². The van der Waals surface area contributed by atoms with Crippen LogP contribution in [-0.4, -0.2) is 127 Å². The van der Waals surface area contributed by atoms with E-state index in [-0.39, 0.29) is 37.1 Å². The van der Waals surface area contributed by atoms with E-state index in [0.717, 1.165) is 105 Å². The van der Waals surface area contributed by atoms with E-state index in [2.05, 4.69) is 172 Å². The van der Waals surface area contributed by atoms with Crippen LogP contribution in [-0.2, 0) is 28.4 Å². The van der Waals surface area contributed by atoms with Gasteiger partial charge in [0.25, 0.3) is 0 Å². The molecular formula is C78H133N9O6S3. The molecule has 16 aliphatic rings. The average molecular weight is 1390 g/mol. The summed E-state index contributed by atoms with van der Waals surface area (Å²) in [6.45, 7) is 14.4. The second-order valence-corrected chi connectivity index (χ2v) is 22.3. The Hall–Kier alpha value is -6.77. The van der Waals surface area contributed by atoms with Gasteiger partial charge in [-0.1, -0.05) is 171 Å². The van der Waals surface area contributed by atoms with Crippen LogP contribution in [0.5, 0.6) is 0 Å². The summed E-state index contributed by atoms with van der Waals surface area (Å²) in [6.07, 6.45) is 95.0. The zero-order valence-corrected chi connectivity index (χ0v) is 56.8. The zero-order chi connectivity index (χ0) is 64.3. The van der Waals surface area contributed by atoms with Crippen molar-refractivity contribution in [2.24, 2.45) is 0 Å². The second-order valence-electron chi connectivity index (χ2n) is 19.1. The Labute approximate surface area is 599 Å². The zero-order valence-electron chi connectivity index (χ0n) is 54.3. The third kappa shape index (κ3) is 91.4. The molecule has 0 aromatic carbocycles. The van der Waals surface area contributed by atoms with Gasteiger partial charge in [0.15, 0.2) is 0 Å². The molecule has 0 spiro atoms. The van der Waals surface area contributed by atoms with Crippen molar-refractivity contribution in [3.8, 4) is 0 Å². The van der Waals surface area contributed by atoms with E-state index in [1.807, 2.05) is 133 Å². The Morgan fingerprint density at radius 1 is 0.302 bits per heavy atom. The molecule has 16 rings (SSSR count). The number of allylic oxidation sites excluding steroid dienone is 11. The Morgan fingerprint density at radius 2 is 0.865 bits per heavy atom. The van der Waals surface area contributed by atoms with Crippen molar-refractivity contribution < 1.29 is 28.4 Å². The van der Waals surface area contributed by atoms with E-state index in [4.69, 9.17) is 18.9 Å². The molecule has 16 aliphatic heterocycles. The number of dihydropyridines is 3. The molecule has 15 nitrogen and oxygen atoms in total. The highest BCUT2D eigenvalue weighted by molar-refractivity contribution is 8.02. The minimum absolute atomic E-state index is 0. The van der Waals surface area contributed by atoms with Gasteiger partial charge in [0.2, 0.25) is 6.79 Å². The first kappa shape index (κ1) is 97.9. The van der Waals surface area contributed by atoms with Crippen LogP contribution >= 0.6 is 35.3 Å². The van der Waals surface area contributed by atoms with Crippen LogP contribution in [0, 0.1) is 0 Å². The van der Waals surface area contributed by atoms with Gasteiger partial charge in [-0.3, -0.25) is 0 Å². The molecule has 0 unspecified atom stereocenters. The van der Waals surface area contributed by atoms with E-state index in [1.54, 1.807) is 31.2 Å². The lowest BCUT2D eigenvalue weighted by atomic mass is 10.2. The standard InChI is InChI=1S/C6H11N.C5H7NO.2C5H9N.3C5H7N.C5H6O.C5H8S.2C4H7N.2C4H6O.2C4H6S.C3H4O2.5CH4/c1-2-4-6-7-5-3-1;1-2-6-3-5-7-4-1;7*1-2-4-6-5-3-1;6*1-2-4-5-3-1;1-2-5-3-4-1;;;;;/h1,3,7H,2,4-6H2;1,3-6H,2H2;2,4,6H,1,3,5H2;1-2,6H,3-5H2;2*2-6H,1H2;1-4,6H,5H2;1-4H,5H2;2,4H,1,3,5H2;1,3,5H,2,4H2;1-2,5H,3-4H2;1,3H,2,4H2;3*1-2H,3-4H2;1-2H,3H2;5*1H4. The molecule has 0 aliphatic carbocycles. The summed E-state index contributed by atoms with van der Waals surface area (Å²) in [5.41, 5.74) is 0. The topological polar surface area (TPSA) is 164 Å². The Kier molecular flexibility index (Phi) is 96.5. The Morgan fingerprint density at radius 3 is 1.12 bits per heavy atom. The molecule has 0 bridgehead atoms. The predicted molar refractivity (Wildman–Crippen MR) is 431 cm³/mol. The molecule has 96 heavy (non-hydrogen) atoms. The van der Waals surface area contributed by atoms with Crippen LogP contribution in [0.25, 0.3) is 0 Å². The monoisotopic (exact) mass is 1390 g/mol. The third-order valence-corrected chi connectivity index (χ3v) is 14.0.